The summed E-state index contributed by atoms with van der Waals surface area (Å²) in [6.45, 7) is 0. The molecule has 9 aromatic carbocycles. The summed E-state index contributed by atoms with van der Waals surface area (Å²) in [4.78, 5) is 10.9. The predicted molar refractivity (Wildman–Crippen MR) is 262 cm³/mol. The highest BCUT2D eigenvalue weighted by atomic mass is 16.3. The first-order chi connectivity index (χ1) is 31.7. The highest BCUT2D eigenvalue weighted by molar-refractivity contribution is 6.11. The smallest absolute Gasteiger partial charge is 0.160 e. The second-order valence-corrected chi connectivity index (χ2v) is 16.6. The van der Waals surface area contributed by atoms with Crippen LogP contribution in [-0.2, 0) is 0 Å². The molecule has 0 saturated carbocycles. The van der Waals surface area contributed by atoms with Crippen LogP contribution in [0.3, 0.4) is 0 Å². The molecular weight excluding hydrogens is 785 g/mol. The van der Waals surface area contributed by atoms with Gasteiger partial charge >= 0.3 is 0 Å². The van der Waals surface area contributed by atoms with E-state index in [0.717, 1.165) is 105 Å². The number of hydrogen-bond donors (Lipinski definition) is 0. The van der Waals surface area contributed by atoms with Gasteiger partial charge in [-0.25, -0.2) is 9.97 Å². The van der Waals surface area contributed by atoms with Crippen LogP contribution < -0.4 is 0 Å². The first-order valence-electron chi connectivity index (χ1n) is 21.6. The molecule has 6 heteroatoms. The average Bonchev–Trinajstić information content (AvgIpc) is 4.11. The van der Waals surface area contributed by atoms with Crippen molar-refractivity contribution in [2.45, 2.75) is 0 Å². The van der Waals surface area contributed by atoms with Gasteiger partial charge in [0, 0.05) is 71.2 Å². The Morgan fingerprint density at radius 3 is 1.06 bits per heavy atom. The molecule has 0 saturated heterocycles. The Hall–Kier alpha value is -8.74. The summed E-state index contributed by atoms with van der Waals surface area (Å²) in [6.07, 6.45) is 0. The van der Waals surface area contributed by atoms with E-state index in [0.29, 0.717) is 5.82 Å². The van der Waals surface area contributed by atoms with Gasteiger partial charge in [-0.15, -0.1) is 0 Å². The van der Waals surface area contributed by atoms with Crippen LogP contribution in [0.5, 0.6) is 0 Å². The summed E-state index contributed by atoms with van der Waals surface area (Å²) in [5.41, 5.74) is 14.2. The lowest BCUT2D eigenvalue weighted by Crippen LogP contribution is -2.02. The zero-order valence-corrected chi connectivity index (χ0v) is 34.2. The largest absolute Gasteiger partial charge is 0.456 e. The van der Waals surface area contributed by atoms with Crippen LogP contribution in [0.25, 0.3) is 133 Å². The highest BCUT2D eigenvalue weighted by Gasteiger charge is 2.20. The molecule has 0 aliphatic heterocycles. The number of para-hydroxylation sites is 6. The molecule has 14 rings (SSSR count). The van der Waals surface area contributed by atoms with Crippen LogP contribution in [0.15, 0.2) is 215 Å². The zero-order valence-electron chi connectivity index (χ0n) is 34.2. The van der Waals surface area contributed by atoms with Gasteiger partial charge in [-0.3, -0.25) is 0 Å². The van der Waals surface area contributed by atoms with Crippen molar-refractivity contribution in [2.24, 2.45) is 0 Å². The second-order valence-electron chi connectivity index (χ2n) is 16.6. The van der Waals surface area contributed by atoms with Gasteiger partial charge < -0.3 is 18.0 Å². The molecule has 298 valence electrons. The van der Waals surface area contributed by atoms with Gasteiger partial charge in [0.15, 0.2) is 5.82 Å². The van der Waals surface area contributed by atoms with E-state index in [1.54, 1.807) is 0 Å². The minimum Gasteiger partial charge on any atom is -0.456 e. The van der Waals surface area contributed by atoms with Crippen molar-refractivity contribution >= 4 is 87.5 Å². The van der Waals surface area contributed by atoms with Crippen molar-refractivity contribution < 1.29 is 8.83 Å². The van der Waals surface area contributed by atoms with Crippen molar-refractivity contribution in [1.82, 2.24) is 19.1 Å². The predicted octanol–water partition coefficient (Wildman–Crippen LogP) is 15.5. The van der Waals surface area contributed by atoms with Gasteiger partial charge in [0.1, 0.15) is 22.3 Å². The highest BCUT2D eigenvalue weighted by Crippen LogP contribution is 2.40. The van der Waals surface area contributed by atoms with Crippen LogP contribution in [0.2, 0.25) is 0 Å². The SMILES string of the molecule is c1ccc2c(c1)oc1cc(-c3cc(-c4ccc5c(c4)oc4ccccc45)nc(-c4cc(-n5c6ccccc6c6ccccc65)cc(-n5c6ccccc6c6ccccc65)c4)n3)ccc12. The molecule has 5 aromatic heterocycles. The van der Waals surface area contributed by atoms with Crippen LogP contribution in [-0.4, -0.2) is 19.1 Å². The molecule has 0 fully saturated rings. The Labute approximate surface area is 365 Å². The molecule has 0 unspecified atom stereocenters. The number of rotatable bonds is 5. The molecule has 0 radical (unpaired) electrons. The zero-order chi connectivity index (χ0) is 41.9. The van der Waals surface area contributed by atoms with E-state index in [9.17, 15) is 0 Å². The normalized spacial score (nSPS) is 12.1. The number of fused-ring (bicyclic) bond motifs is 12. The summed E-state index contributed by atoms with van der Waals surface area (Å²) in [7, 11) is 0. The summed E-state index contributed by atoms with van der Waals surface area (Å²) in [5, 5.41) is 9.11. The maximum atomic E-state index is 6.41. The molecule has 0 aliphatic rings. The first-order valence-corrected chi connectivity index (χ1v) is 21.6. The Kier molecular flexibility index (Phi) is 7.30. The molecule has 0 amide bonds. The number of benzene rings is 9. The van der Waals surface area contributed by atoms with Crippen LogP contribution >= 0.6 is 0 Å². The molecule has 0 spiro atoms. The van der Waals surface area contributed by atoms with Gasteiger partial charge in [-0.2, -0.15) is 0 Å². The lowest BCUT2D eigenvalue weighted by Gasteiger charge is -2.16. The standard InChI is InChI=1S/C58H34N4O2/c1-7-19-50-40(13-1)41-14-2-8-20-51(41)61(50)38-29-37(30-39(33-38)62-52-21-9-3-15-42(52)43-16-4-10-22-53(43)62)58-59-48(35-25-27-46-44-17-5-11-23-54(44)63-56(46)31-35)34-49(60-58)36-26-28-47-45-18-6-12-24-55(45)64-57(47)32-36/h1-34H. The van der Waals surface area contributed by atoms with E-state index < -0.39 is 0 Å². The van der Waals surface area contributed by atoms with Crippen molar-refractivity contribution in [2.75, 3.05) is 0 Å². The van der Waals surface area contributed by atoms with Crippen molar-refractivity contribution in [3.05, 3.63) is 206 Å². The lowest BCUT2D eigenvalue weighted by atomic mass is 10.0. The monoisotopic (exact) mass is 818 g/mol. The Balaban J connectivity index is 1.06. The van der Waals surface area contributed by atoms with Crippen LogP contribution in [0, 0.1) is 0 Å². The summed E-state index contributed by atoms with van der Waals surface area (Å²) in [5.74, 6) is 0.603. The Morgan fingerprint density at radius 1 is 0.281 bits per heavy atom. The summed E-state index contributed by atoms with van der Waals surface area (Å²) < 4.78 is 17.6. The minimum absolute atomic E-state index is 0.603. The maximum absolute atomic E-state index is 6.41. The van der Waals surface area contributed by atoms with Crippen molar-refractivity contribution in [3.63, 3.8) is 0 Å². The Morgan fingerprint density at radius 2 is 0.641 bits per heavy atom. The average molecular weight is 819 g/mol. The van der Waals surface area contributed by atoms with E-state index in [1.165, 1.54) is 21.5 Å². The van der Waals surface area contributed by atoms with Gasteiger partial charge in [0.2, 0.25) is 0 Å². The third kappa shape index (κ3) is 5.20. The molecular formula is C58H34N4O2. The fourth-order valence-electron chi connectivity index (χ4n) is 10.0. The molecule has 0 bridgehead atoms. The van der Waals surface area contributed by atoms with Gasteiger partial charge in [-0.05, 0) is 84.9 Å². The summed E-state index contributed by atoms with van der Waals surface area (Å²) in [6, 6.07) is 72.6. The van der Waals surface area contributed by atoms with Gasteiger partial charge in [0.25, 0.3) is 0 Å². The summed E-state index contributed by atoms with van der Waals surface area (Å²) >= 11 is 0. The molecule has 0 atom stereocenters. The van der Waals surface area contributed by atoms with E-state index in [2.05, 4.69) is 179 Å². The number of hydrogen-bond acceptors (Lipinski definition) is 4. The molecule has 64 heavy (non-hydrogen) atoms. The topological polar surface area (TPSA) is 61.9 Å². The van der Waals surface area contributed by atoms with E-state index in [-0.39, 0.29) is 0 Å². The second kappa shape index (κ2) is 13.4. The quantitative estimate of drug-likeness (QED) is 0.174. The fraction of sp³-hybridized carbons (Fsp3) is 0. The van der Waals surface area contributed by atoms with E-state index in [4.69, 9.17) is 18.8 Å². The molecule has 5 heterocycles. The fourth-order valence-corrected chi connectivity index (χ4v) is 10.0. The minimum atomic E-state index is 0.603. The molecule has 6 nitrogen and oxygen atoms in total. The van der Waals surface area contributed by atoms with E-state index >= 15 is 0 Å². The molecule has 0 N–H and O–H groups in total. The van der Waals surface area contributed by atoms with Crippen molar-refractivity contribution in [3.8, 4) is 45.3 Å². The van der Waals surface area contributed by atoms with Crippen molar-refractivity contribution in [1.29, 1.82) is 0 Å². The third-order valence-electron chi connectivity index (χ3n) is 12.9. The molecule has 0 aliphatic carbocycles. The van der Waals surface area contributed by atoms with Gasteiger partial charge in [0.05, 0.1) is 33.5 Å². The van der Waals surface area contributed by atoms with Crippen LogP contribution in [0.4, 0.5) is 0 Å². The number of aromatic nitrogens is 4. The number of nitrogens with zero attached hydrogens (tertiary/aromatic N) is 4. The van der Waals surface area contributed by atoms with E-state index in [1.807, 2.05) is 36.4 Å². The lowest BCUT2D eigenvalue weighted by molar-refractivity contribution is 0.668. The van der Waals surface area contributed by atoms with Gasteiger partial charge in [-0.1, -0.05) is 121 Å². The first kappa shape index (κ1) is 34.9. The Bertz CT molecular complexity index is 3850. The molecule has 14 aromatic rings. The maximum Gasteiger partial charge on any atom is 0.160 e. The van der Waals surface area contributed by atoms with Crippen LogP contribution in [0.1, 0.15) is 0 Å². The number of furan rings is 2. The third-order valence-corrected chi connectivity index (χ3v) is 12.9.